The third kappa shape index (κ3) is 3.69. The number of methoxy groups -OCH3 is 1. The van der Waals surface area contributed by atoms with Gasteiger partial charge in [0.2, 0.25) is 0 Å². The normalized spacial score (nSPS) is 29.3. The molecule has 0 radical (unpaired) electrons. The molecule has 0 amide bonds. The summed E-state index contributed by atoms with van der Waals surface area (Å²) in [7, 11) is 1.82. The van der Waals surface area contributed by atoms with Gasteiger partial charge in [-0.25, -0.2) is 0 Å². The second-order valence-electron chi connectivity index (χ2n) is 6.16. The summed E-state index contributed by atoms with van der Waals surface area (Å²) < 4.78 is 5.33. The monoisotopic (exact) mass is 254 g/mol. The Hall–Kier alpha value is -0.120. The molecule has 1 saturated heterocycles. The molecule has 2 fully saturated rings. The molecule has 1 heterocycles. The van der Waals surface area contributed by atoms with E-state index < -0.39 is 0 Å². The first-order valence-electron chi connectivity index (χ1n) is 7.78. The van der Waals surface area contributed by atoms with Gasteiger partial charge in [-0.05, 0) is 44.1 Å². The summed E-state index contributed by atoms with van der Waals surface area (Å²) in [6, 6.07) is 0.630. The van der Waals surface area contributed by atoms with Crippen molar-refractivity contribution in [2.24, 2.45) is 17.6 Å². The first kappa shape index (κ1) is 14.3. The largest absolute Gasteiger partial charge is 0.384 e. The van der Waals surface area contributed by atoms with Crippen molar-refractivity contribution in [3.05, 3.63) is 0 Å². The predicted molar refractivity (Wildman–Crippen MR) is 75.6 cm³/mol. The van der Waals surface area contributed by atoms with Crippen molar-refractivity contribution in [2.75, 3.05) is 33.4 Å². The maximum atomic E-state index is 6.08. The van der Waals surface area contributed by atoms with Crippen molar-refractivity contribution in [1.82, 2.24) is 4.90 Å². The SMILES string of the molecule is COCC1CCCN(C(CN)C2CCCCC2)C1. The number of hydrogen-bond acceptors (Lipinski definition) is 3. The van der Waals surface area contributed by atoms with E-state index in [0.29, 0.717) is 6.04 Å². The van der Waals surface area contributed by atoms with E-state index in [1.165, 1.54) is 58.0 Å². The maximum Gasteiger partial charge on any atom is 0.0502 e. The molecule has 2 N–H and O–H groups in total. The second kappa shape index (κ2) is 7.46. The summed E-state index contributed by atoms with van der Waals surface area (Å²) in [5, 5.41) is 0. The highest BCUT2D eigenvalue weighted by Crippen LogP contribution is 2.30. The highest BCUT2D eigenvalue weighted by Gasteiger charge is 2.31. The number of nitrogens with two attached hydrogens (primary N) is 1. The van der Waals surface area contributed by atoms with Gasteiger partial charge >= 0.3 is 0 Å². The summed E-state index contributed by atoms with van der Waals surface area (Å²) in [5.74, 6) is 1.58. The van der Waals surface area contributed by atoms with Crippen LogP contribution >= 0.6 is 0 Å². The standard InChI is InChI=1S/C15H30N2O/c1-18-12-13-6-5-9-17(11-13)15(10-16)14-7-3-2-4-8-14/h13-15H,2-12,16H2,1H3. The number of ether oxygens (including phenoxy) is 1. The second-order valence-corrected chi connectivity index (χ2v) is 6.16. The van der Waals surface area contributed by atoms with Gasteiger partial charge in [0.25, 0.3) is 0 Å². The minimum atomic E-state index is 0.630. The molecule has 0 aromatic rings. The quantitative estimate of drug-likeness (QED) is 0.818. The van der Waals surface area contributed by atoms with Crippen LogP contribution in [0.2, 0.25) is 0 Å². The molecule has 3 heteroatoms. The van der Waals surface area contributed by atoms with E-state index in [9.17, 15) is 0 Å². The van der Waals surface area contributed by atoms with E-state index in [1.807, 2.05) is 7.11 Å². The Bertz CT molecular complexity index is 227. The average molecular weight is 254 g/mol. The summed E-state index contributed by atoms with van der Waals surface area (Å²) in [6.07, 6.45) is 9.69. The van der Waals surface area contributed by atoms with Gasteiger partial charge in [-0.3, -0.25) is 4.90 Å². The Morgan fingerprint density at radius 1 is 1.17 bits per heavy atom. The first-order valence-corrected chi connectivity index (χ1v) is 7.78. The van der Waals surface area contributed by atoms with Gasteiger partial charge < -0.3 is 10.5 Å². The van der Waals surface area contributed by atoms with Crippen molar-refractivity contribution in [3.63, 3.8) is 0 Å². The fraction of sp³-hybridized carbons (Fsp3) is 1.00. The zero-order chi connectivity index (χ0) is 12.8. The van der Waals surface area contributed by atoms with E-state index in [-0.39, 0.29) is 0 Å². The number of rotatable bonds is 5. The van der Waals surface area contributed by atoms with Crippen molar-refractivity contribution >= 4 is 0 Å². The van der Waals surface area contributed by atoms with E-state index >= 15 is 0 Å². The van der Waals surface area contributed by atoms with E-state index in [1.54, 1.807) is 0 Å². The Morgan fingerprint density at radius 3 is 2.61 bits per heavy atom. The lowest BCUT2D eigenvalue weighted by atomic mass is 9.82. The molecule has 106 valence electrons. The van der Waals surface area contributed by atoms with Crippen molar-refractivity contribution in [2.45, 2.75) is 51.0 Å². The molecule has 0 aromatic carbocycles. The van der Waals surface area contributed by atoms with Crippen molar-refractivity contribution in [1.29, 1.82) is 0 Å². The Labute approximate surface area is 112 Å². The summed E-state index contributed by atoms with van der Waals surface area (Å²) in [5.41, 5.74) is 6.08. The number of likely N-dealkylation sites (tertiary alicyclic amines) is 1. The smallest absolute Gasteiger partial charge is 0.0502 e. The lowest BCUT2D eigenvalue weighted by Gasteiger charge is -2.42. The van der Waals surface area contributed by atoms with Gasteiger partial charge in [0, 0.05) is 26.2 Å². The molecule has 3 nitrogen and oxygen atoms in total. The van der Waals surface area contributed by atoms with Crippen LogP contribution in [-0.2, 0) is 4.74 Å². The Kier molecular flexibility index (Phi) is 5.93. The predicted octanol–water partition coefficient (Wildman–Crippen LogP) is 2.25. The molecule has 2 rings (SSSR count). The summed E-state index contributed by atoms with van der Waals surface area (Å²) in [6.45, 7) is 4.20. The number of piperidine rings is 1. The third-order valence-corrected chi connectivity index (χ3v) is 4.86. The van der Waals surface area contributed by atoms with Crippen LogP contribution in [0.15, 0.2) is 0 Å². The van der Waals surface area contributed by atoms with Gasteiger partial charge in [0.15, 0.2) is 0 Å². The molecule has 1 aliphatic carbocycles. The van der Waals surface area contributed by atoms with Crippen LogP contribution in [-0.4, -0.2) is 44.3 Å². The van der Waals surface area contributed by atoms with Gasteiger partial charge in [-0.15, -0.1) is 0 Å². The molecule has 18 heavy (non-hydrogen) atoms. The Balaban J connectivity index is 1.89. The van der Waals surface area contributed by atoms with E-state index in [2.05, 4.69) is 4.90 Å². The topological polar surface area (TPSA) is 38.5 Å². The van der Waals surface area contributed by atoms with Crippen LogP contribution in [0.1, 0.15) is 44.9 Å². The van der Waals surface area contributed by atoms with Gasteiger partial charge in [0.05, 0.1) is 6.61 Å². The highest BCUT2D eigenvalue weighted by atomic mass is 16.5. The van der Waals surface area contributed by atoms with Crippen LogP contribution < -0.4 is 5.73 Å². The van der Waals surface area contributed by atoms with Crippen LogP contribution in [0.25, 0.3) is 0 Å². The third-order valence-electron chi connectivity index (χ3n) is 4.86. The first-order chi connectivity index (χ1) is 8.85. The molecule has 2 atom stereocenters. The van der Waals surface area contributed by atoms with Crippen molar-refractivity contribution < 1.29 is 4.74 Å². The lowest BCUT2D eigenvalue weighted by Crippen LogP contribution is -2.50. The molecule has 1 saturated carbocycles. The maximum absolute atomic E-state index is 6.08. The fourth-order valence-electron chi connectivity index (χ4n) is 3.93. The van der Waals surface area contributed by atoms with Gasteiger partial charge in [-0.2, -0.15) is 0 Å². The van der Waals surface area contributed by atoms with Gasteiger partial charge in [-0.1, -0.05) is 19.3 Å². The van der Waals surface area contributed by atoms with Crippen LogP contribution in [0.4, 0.5) is 0 Å². The molecule has 0 spiro atoms. The summed E-state index contributed by atoms with van der Waals surface area (Å²) >= 11 is 0. The lowest BCUT2D eigenvalue weighted by molar-refractivity contribution is 0.0448. The Morgan fingerprint density at radius 2 is 1.94 bits per heavy atom. The summed E-state index contributed by atoms with van der Waals surface area (Å²) in [4.78, 5) is 2.67. The highest BCUT2D eigenvalue weighted by molar-refractivity contribution is 4.86. The van der Waals surface area contributed by atoms with Gasteiger partial charge in [0.1, 0.15) is 0 Å². The molecule has 2 unspecified atom stereocenters. The molecule has 0 aromatic heterocycles. The van der Waals surface area contributed by atoms with Crippen LogP contribution in [0, 0.1) is 11.8 Å². The van der Waals surface area contributed by atoms with E-state index in [4.69, 9.17) is 10.5 Å². The van der Waals surface area contributed by atoms with Crippen LogP contribution in [0.5, 0.6) is 0 Å². The average Bonchev–Trinajstić information content (AvgIpc) is 2.42. The molecule has 0 bridgehead atoms. The molecule has 2 aliphatic rings. The van der Waals surface area contributed by atoms with Crippen molar-refractivity contribution in [3.8, 4) is 0 Å². The van der Waals surface area contributed by atoms with Crippen LogP contribution in [0.3, 0.4) is 0 Å². The zero-order valence-corrected chi connectivity index (χ0v) is 11.9. The zero-order valence-electron chi connectivity index (χ0n) is 11.9. The molecular weight excluding hydrogens is 224 g/mol. The minimum Gasteiger partial charge on any atom is -0.384 e. The molecule has 1 aliphatic heterocycles. The number of nitrogens with zero attached hydrogens (tertiary/aromatic N) is 1. The fourth-order valence-corrected chi connectivity index (χ4v) is 3.93. The molecular formula is C15H30N2O. The minimum absolute atomic E-state index is 0.630. The van der Waals surface area contributed by atoms with E-state index in [0.717, 1.165) is 25.0 Å². The number of hydrogen-bond donors (Lipinski definition) is 1.